The molecule has 2 nitrogen and oxygen atoms in total. The molecule has 0 aliphatic rings. The van der Waals surface area contributed by atoms with E-state index in [4.69, 9.17) is 16.7 Å². The molecule has 0 saturated heterocycles. The predicted molar refractivity (Wildman–Crippen MR) is 43.7 cm³/mol. The Hall–Kier alpha value is -0.800. The van der Waals surface area contributed by atoms with E-state index >= 15 is 0 Å². The van der Waals surface area contributed by atoms with Crippen molar-refractivity contribution in [3.05, 3.63) is 28.0 Å². The Morgan fingerprint density at radius 3 is 2.67 bits per heavy atom. The van der Waals surface area contributed by atoms with Crippen LogP contribution in [-0.4, -0.2) is 10.2 Å². The number of hydrogen-bond donors (Lipinski definition) is 2. The van der Waals surface area contributed by atoms with Crippen LogP contribution in [0, 0.1) is 12.7 Å². The maximum atomic E-state index is 12.9. The molecule has 0 saturated carbocycles. The van der Waals surface area contributed by atoms with Crippen LogP contribution < -0.4 is 0 Å². The maximum Gasteiger partial charge on any atom is 0.140 e. The van der Waals surface area contributed by atoms with Crippen molar-refractivity contribution in [1.29, 1.82) is 0 Å². The highest BCUT2D eigenvalue weighted by Gasteiger charge is 2.12. The van der Waals surface area contributed by atoms with E-state index in [2.05, 4.69) is 0 Å². The minimum Gasteiger partial charge on any atom is -0.506 e. The molecule has 0 spiro atoms. The van der Waals surface area contributed by atoms with E-state index < -0.39 is 12.4 Å². The summed E-state index contributed by atoms with van der Waals surface area (Å²) >= 11 is 5.47. The number of aliphatic hydroxyl groups excluding tert-OH is 1. The third kappa shape index (κ3) is 1.38. The first kappa shape index (κ1) is 9.29. The number of phenols is 1. The molecule has 0 fully saturated rings. The van der Waals surface area contributed by atoms with Gasteiger partial charge in [0.1, 0.15) is 11.6 Å². The van der Waals surface area contributed by atoms with Crippen molar-refractivity contribution in [2.75, 3.05) is 0 Å². The van der Waals surface area contributed by atoms with Crippen LogP contribution in [0.1, 0.15) is 11.1 Å². The molecule has 0 heterocycles. The lowest BCUT2D eigenvalue weighted by atomic mass is 10.1. The van der Waals surface area contributed by atoms with Gasteiger partial charge in [0, 0.05) is 5.56 Å². The van der Waals surface area contributed by atoms with Crippen molar-refractivity contribution in [3.63, 3.8) is 0 Å². The summed E-state index contributed by atoms with van der Waals surface area (Å²) in [6, 6.07) is 1.02. The Labute approximate surface area is 74.2 Å². The zero-order valence-corrected chi connectivity index (χ0v) is 7.19. The number of aromatic hydroxyl groups is 1. The first-order valence-electron chi connectivity index (χ1n) is 3.35. The number of rotatable bonds is 1. The summed E-state index contributed by atoms with van der Waals surface area (Å²) < 4.78 is 12.9. The van der Waals surface area contributed by atoms with Crippen molar-refractivity contribution in [2.24, 2.45) is 0 Å². The molecule has 0 aliphatic carbocycles. The van der Waals surface area contributed by atoms with Gasteiger partial charge in [-0.2, -0.15) is 0 Å². The standard InChI is InChI=1S/C8H8ClFO2/c1-4-5(3-11)8(12)6(9)2-7(4)10/h2,11-12H,3H2,1H3. The molecular formula is C8H8ClFO2. The number of halogens is 2. The van der Waals surface area contributed by atoms with Gasteiger partial charge < -0.3 is 10.2 Å². The molecule has 0 amide bonds. The topological polar surface area (TPSA) is 40.5 Å². The Bertz CT molecular complexity index is 286. The van der Waals surface area contributed by atoms with E-state index in [1.165, 1.54) is 6.92 Å². The second-order valence-corrected chi connectivity index (χ2v) is 2.86. The quantitative estimate of drug-likeness (QED) is 0.711. The first-order valence-corrected chi connectivity index (χ1v) is 3.73. The van der Waals surface area contributed by atoms with Gasteiger partial charge in [-0.25, -0.2) is 4.39 Å². The summed E-state index contributed by atoms with van der Waals surface area (Å²) in [5.41, 5.74) is 0.361. The summed E-state index contributed by atoms with van der Waals surface area (Å²) in [6.45, 7) is 1.05. The smallest absolute Gasteiger partial charge is 0.140 e. The van der Waals surface area contributed by atoms with Gasteiger partial charge in [0.15, 0.2) is 0 Å². The highest BCUT2D eigenvalue weighted by atomic mass is 35.5. The van der Waals surface area contributed by atoms with Crippen LogP contribution in [0.4, 0.5) is 4.39 Å². The lowest BCUT2D eigenvalue weighted by molar-refractivity contribution is 0.273. The summed E-state index contributed by atoms with van der Waals surface area (Å²) in [5, 5.41) is 17.9. The van der Waals surface area contributed by atoms with E-state index in [0.29, 0.717) is 0 Å². The number of benzene rings is 1. The van der Waals surface area contributed by atoms with Gasteiger partial charge in [-0.3, -0.25) is 0 Å². The molecule has 4 heteroatoms. The van der Waals surface area contributed by atoms with Crippen LogP contribution in [0.2, 0.25) is 5.02 Å². The van der Waals surface area contributed by atoms with Gasteiger partial charge in [-0.15, -0.1) is 0 Å². The van der Waals surface area contributed by atoms with E-state index in [9.17, 15) is 9.50 Å². The summed E-state index contributed by atoms with van der Waals surface area (Å²) in [5.74, 6) is -0.778. The molecule has 0 atom stereocenters. The van der Waals surface area contributed by atoms with Crippen LogP contribution in [0.15, 0.2) is 6.07 Å². The zero-order chi connectivity index (χ0) is 9.30. The Morgan fingerprint density at radius 1 is 1.58 bits per heavy atom. The third-order valence-corrected chi connectivity index (χ3v) is 2.02. The molecule has 0 unspecified atom stereocenters. The van der Waals surface area contributed by atoms with E-state index in [0.717, 1.165) is 6.07 Å². The van der Waals surface area contributed by atoms with Crippen LogP contribution in [0.3, 0.4) is 0 Å². The van der Waals surface area contributed by atoms with Gasteiger partial charge in [0.2, 0.25) is 0 Å². The number of hydrogen-bond acceptors (Lipinski definition) is 2. The van der Waals surface area contributed by atoms with Gasteiger partial charge in [0.05, 0.1) is 11.6 Å². The van der Waals surface area contributed by atoms with Gasteiger partial charge in [-0.05, 0) is 18.6 Å². The minimum atomic E-state index is -0.526. The van der Waals surface area contributed by atoms with Crippen LogP contribution >= 0.6 is 11.6 Å². The molecule has 12 heavy (non-hydrogen) atoms. The average Bonchev–Trinajstić information content (AvgIpc) is 2.02. The molecule has 1 aromatic carbocycles. The largest absolute Gasteiger partial charge is 0.506 e. The molecule has 1 aromatic rings. The monoisotopic (exact) mass is 190 g/mol. The second kappa shape index (κ2) is 3.29. The Kier molecular flexibility index (Phi) is 2.55. The predicted octanol–water partition coefficient (Wildman–Crippen LogP) is 1.99. The summed E-state index contributed by atoms with van der Waals surface area (Å²) in [4.78, 5) is 0. The van der Waals surface area contributed by atoms with E-state index in [1.807, 2.05) is 0 Å². The summed E-state index contributed by atoms with van der Waals surface area (Å²) in [7, 11) is 0. The maximum absolute atomic E-state index is 12.9. The van der Waals surface area contributed by atoms with Crippen molar-refractivity contribution in [1.82, 2.24) is 0 Å². The molecule has 0 aliphatic heterocycles. The van der Waals surface area contributed by atoms with Crippen molar-refractivity contribution in [3.8, 4) is 5.75 Å². The lowest BCUT2D eigenvalue weighted by Crippen LogP contribution is -1.94. The average molecular weight is 191 g/mol. The van der Waals surface area contributed by atoms with Crippen LogP contribution in [0.5, 0.6) is 5.75 Å². The van der Waals surface area contributed by atoms with Crippen molar-refractivity contribution < 1.29 is 14.6 Å². The van der Waals surface area contributed by atoms with Crippen molar-refractivity contribution >= 4 is 11.6 Å². The molecule has 2 N–H and O–H groups in total. The lowest BCUT2D eigenvalue weighted by Gasteiger charge is -2.07. The molecular weight excluding hydrogens is 183 g/mol. The fraction of sp³-hybridized carbons (Fsp3) is 0.250. The van der Waals surface area contributed by atoms with Gasteiger partial charge in [0.25, 0.3) is 0 Å². The highest BCUT2D eigenvalue weighted by molar-refractivity contribution is 6.32. The minimum absolute atomic E-state index is 0.0813. The fourth-order valence-corrected chi connectivity index (χ4v) is 1.16. The van der Waals surface area contributed by atoms with E-state index in [1.54, 1.807) is 0 Å². The van der Waals surface area contributed by atoms with Crippen LogP contribution in [0.25, 0.3) is 0 Å². The Morgan fingerprint density at radius 2 is 2.17 bits per heavy atom. The van der Waals surface area contributed by atoms with Crippen LogP contribution in [-0.2, 0) is 6.61 Å². The highest BCUT2D eigenvalue weighted by Crippen LogP contribution is 2.31. The summed E-state index contributed by atoms with van der Waals surface area (Å²) in [6.07, 6.45) is 0. The molecule has 0 aromatic heterocycles. The molecule has 1 rings (SSSR count). The zero-order valence-electron chi connectivity index (χ0n) is 6.43. The molecule has 0 radical (unpaired) electrons. The SMILES string of the molecule is Cc1c(F)cc(Cl)c(O)c1CO. The normalized spacial score (nSPS) is 10.3. The van der Waals surface area contributed by atoms with Gasteiger partial charge in [-0.1, -0.05) is 11.6 Å². The van der Waals surface area contributed by atoms with E-state index in [-0.39, 0.29) is 21.9 Å². The molecule has 66 valence electrons. The fourth-order valence-electron chi connectivity index (χ4n) is 0.947. The van der Waals surface area contributed by atoms with Crippen molar-refractivity contribution in [2.45, 2.75) is 13.5 Å². The van der Waals surface area contributed by atoms with Gasteiger partial charge >= 0.3 is 0 Å². The third-order valence-electron chi connectivity index (χ3n) is 1.73. The Balaban J connectivity index is 3.42. The molecule has 0 bridgehead atoms. The second-order valence-electron chi connectivity index (χ2n) is 2.45. The first-order chi connectivity index (χ1) is 5.57. The number of aliphatic hydroxyl groups is 1.